The molecule has 0 radical (unpaired) electrons. The van der Waals surface area contributed by atoms with Gasteiger partial charge in [-0.15, -0.1) is 0 Å². The molecule has 1 aliphatic heterocycles. The topological polar surface area (TPSA) is 96.0 Å². The van der Waals surface area contributed by atoms with Crippen LogP contribution >= 0.6 is 0 Å². The zero-order valence-corrected chi connectivity index (χ0v) is 15.5. The summed E-state index contributed by atoms with van der Waals surface area (Å²) in [4.78, 5) is 26.9. The maximum Gasteiger partial charge on any atom is 0.409 e. The van der Waals surface area contributed by atoms with Gasteiger partial charge in [-0.05, 0) is 25.1 Å². The molecule has 1 heterocycles. The highest BCUT2D eigenvalue weighted by Gasteiger charge is 2.25. The standard InChI is InChI=1S/C16H22FN3O5S/c1-3-25-16(22)20-8-6-19(7-9-20)15(21)11-18-13-5-4-12(17)10-14(13)26(2,23)24/h4-5,10,18H,3,6-9,11H2,1-2H3. The van der Waals surface area contributed by atoms with Crippen LogP contribution in [0.4, 0.5) is 14.9 Å². The number of benzene rings is 1. The minimum Gasteiger partial charge on any atom is -0.450 e. The van der Waals surface area contributed by atoms with Crippen molar-refractivity contribution in [2.45, 2.75) is 11.8 Å². The molecule has 8 nitrogen and oxygen atoms in total. The van der Waals surface area contributed by atoms with Crippen LogP contribution in [0.5, 0.6) is 0 Å². The maximum absolute atomic E-state index is 13.3. The van der Waals surface area contributed by atoms with E-state index in [0.29, 0.717) is 32.8 Å². The number of rotatable bonds is 5. The van der Waals surface area contributed by atoms with E-state index in [1.165, 1.54) is 11.0 Å². The molecule has 0 saturated carbocycles. The molecule has 0 spiro atoms. The summed E-state index contributed by atoms with van der Waals surface area (Å²) >= 11 is 0. The molecule has 0 unspecified atom stereocenters. The molecule has 1 aliphatic rings. The van der Waals surface area contributed by atoms with Crippen molar-refractivity contribution in [1.82, 2.24) is 9.80 Å². The molecule has 1 N–H and O–H groups in total. The van der Waals surface area contributed by atoms with Crippen LogP contribution in [0.15, 0.2) is 23.1 Å². The number of nitrogens with one attached hydrogen (secondary N) is 1. The molecule has 2 amide bonds. The number of anilines is 1. The summed E-state index contributed by atoms with van der Waals surface area (Å²) in [5, 5.41) is 2.76. The first kappa shape index (κ1) is 20.0. The molecule has 2 rings (SSSR count). The maximum atomic E-state index is 13.3. The van der Waals surface area contributed by atoms with Crippen LogP contribution in [0.1, 0.15) is 6.92 Å². The van der Waals surface area contributed by atoms with E-state index >= 15 is 0 Å². The molecule has 0 aliphatic carbocycles. The lowest BCUT2D eigenvalue weighted by Crippen LogP contribution is -2.51. The van der Waals surface area contributed by atoms with Crippen LogP contribution in [0, 0.1) is 5.82 Å². The molecule has 144 valence electrons. The number of carbonyl (C=O) groups excluding carboxylic acids is 2. The van der Waals surface area contributed by atoms with Crippen molar-refractivity contribution >= 4 is 27.5 Å². The van der Waals surface area contributed by atoms with Crippen molar-refractivity contribution in [2.24, 2.45) is 0 Å². The predicted molar refractivity (Wildman–Crippen MR) is 93.2 cm³/mol. The van der Waals surface area contributed by atoms with E-state index in [-0.39, 0.29) is 23.0 Å². The van der Waals surface area contributed by atoms with Crippen LogP contribution in [0.3, 0.4) is 0 Å². The van der Waals surface area contributed by atoms with Crippen molar-refractivity contribution in [2.75, 3.05) is 50.9 Å². The summed E-state index contributed by atoms with van der Waals surface area (Å²) in [5.74, 6) is -0.908. The number of ether oxygens (including phenoxy) is 1. The van der Waals surface area contributed by atoms with Crippen LogP contribution in [0.2, 0.25) is 0 Å². The first-order valence-corrected chi connectivity index (χ1v) is 10.0. The Morgan fingerprint density at radius 1 is 1.19 bits per heavy atom. The molecular formula is C16H22FN3O5S. The Morgan fingerprint density at radius 2 is 1.81 bits per heavy atom. The van der Waals surface area contributed by atoms with E-state index in [9.17, 15) is 22.4 Å². The number of hydrogen-bond acceptors (Lipinski definition) is 6. The Morgan fingerprint density at radius 3 is 2.38 bits per heavy atom. The van der Waals surface area contributed by atoms with Gasteiger partial charge < -0.3 is 19.9 Å². The number of nitrogens with zero attached hydrogens (tertiary/aromatic N) is 2. The number of piperazine rings is 1. The first-order chi connectivity index (χ1) is 12.2. The van der Waals surface area contributed by atoms with Gasteiger partial charge in [0.2, 0.25) is 5.91 Å². The normalized spacial score (nSPS) is 14.9. The van der Waals surface area contributed by atoms with Gasteiger partial charge in [-0.3, -0.25) is 4.79 Å². The molecule has 26 heavy (non-hydrogen) atoms. The number of hydrogen-bond donors (Lipinski definition) is 1. The van der Waals surface area contributed by atoms with Gasteiger partial charge in [-0.2, -0.15) is 0 Å². The fourth-order valence-electron chi connectivity index (χ4n) is 2.58. The highest BCUT2D eigenvalue weighted by Crippen LogP contribution is 2.22. The average molecular weight is 387 g/mol. The van der Waals surface area contributed by atoms with Gasteiger partial charge in [-0.1, -0.05) is 0 Å². The van der Waals surface area contributed by atoms with Gasteiger partial charge in [0.05, 0.1) is 23.7 Å². The summed E-state index contributed by atoms with van der Waals surface area (Å²) in [6.07, 6.45) is 0.574. The van der Waals surface area contributed by atoms with E-state index in [1.807, 2.05) is 0 Å². The zero-order chi connectivity index (χ0) is 19.3. The van der Waals surface area contributed by atoms with Crippen molar-refractivity contribution in [3.8, 4) is 0 Å². The fraction of sp³-hybridized carbons (Fsp3) is 0.500. The SMILES string of the molecule is CCOC(=O)N1CCN(C(=O)CNc2ccc(F)cc2S(C)(=O)=O)CC1. The van der Waals surface area contributed by atoms with Crippen LogP contribution in [-0.4, -0.2) is 75.8 Å². The van der Waals surface area contributed by atoms with Gasteiger partial charge in [0.25, 0.3) is 0 Å². The van der Waals surface area contributed by atoms with E-state index in [2.05, 4.69) is 5.32 Å². The average Bonchev–Trinajstić information content (AvgIpc) is 2.60. The van der Waals surface area contributed by atoms with Crippen LogP contribution < -0.4 is 5.32 Å². The van der Waals surface area contributed by atoms with Crippen molar-refractivity contribution in [3.63, 3.8) is 0 Å². The molecule has 0 atom stereocenters. The summed E-state index contributed by atoms with van der Waals surface area (Å²) in [5.41, 5.74) is 0.174. The second-order valence-electron chi connectivity index (χ2n) is 5.83. The lowest BCUT2D eigenvalue weighted by molar-refractivity contribution is -0.130. The third-order valence-electron chi connectivity index (χ3n) is 3.93. The molecular weight excluding hydrogens is 365 g/mol. The van der Waals surface area contributed by atoms with Crippen molar-refractivity contribution < 1.29 is 27.1 Å². The van der Waals surface area contributed by atoms with Crippen LogP contribution in [-0.2, 0) is 19.4 Å². The minimum absolute atomic E-state index is 0.131. The number of carbonyl (C=O) groups is 2. The Balaban J connectivity index is 1.93. The van der Waals surface area contributed by atoms with E-state index in [1.54, 1.807) is 11.8 Å². The minimum atomic E-state index is -3.64. The second kappa shape index (κ2) is 8.35. The number of amides is 2. The highest BCUT2D eigenvalue weighted by atomic mass is 32.2. The predicted octanol–water partition coefficient (Wildman–Crippen LogP) is 0.942. The van der Waals surface area contributed by atoms with Crippen molar-refractivity contribution in [3.05, 3.63) is 24.0 Å². The smallest absolute Gasteiger partial charge is 0.409 e. The molecule has 0 bridgehead atoms. The Hall–Kier alpha value is -2.36. The monoisotopic (exact) mass is 387 g/mol. The molecule has 1 fully saturated rings. The van der Waals surface area contributed by atoms with Gasteiger partial charge in [0.15, 0.2) is 9.84 Å². The molecule has 1 aromatic rings. The highest BCUT2D eigenvalue weighted by molar-refractivity contribution is 7.90. The summed E-state index contributed by atoms with van der Waals surface area (Å²) in [6, 6.07) is 3.33. The van der Waals surface area contributed by atoms with Gasteiger partial charge in [0.1, 0.15) is 5.82 Å². The molecule has 1 saturated heterocycles. The van der Waals surface area contributed by atoms with Crippen molar-refractivity contribution in [1.29, 1.82) is 0 Å². The molecule has 0 aromatic heterocycles. The second-order valence-corrected chi connectivity index (χ2v) is 7.82. The van der Waals surface area contributed by atoms with Gasteiger partial charge >= 0.3 is 6.09 Å². The van der Waals surface area contributed by atoms with E-state index in [0.717, 1.165) is 18.4 Å². The molecule has 10 heteroatoms. The van der Waals surface area contributed by atoms with E-state index < -0.39 is 21.7 Å². The fourth-order valence-corrected chi connectivity index (χ4v) is 3.45. The summed E-state index contributed by atoms with van der Waals surface area (Å²) in [6.45, 7) is 3.36. The number of sulfone groups is 1. The third kappa shape index (κ3) is 5.07. The van der Waals surface area contributed by atoms with E-state index in [4.69, 9.17) is 4.74 Å². The van der Waals surface area contributed by atoms with Crippen LogP contribution in [0.25, 0.3) is 0 Å². The number of halogens is 1. The summed E-state index contributed by atoms with van der Waals surface area (Å²) in [7, 11) is -3.64. The van der Waals surface area contributed by atoms with Gasteiger partial charge in [0, 0.05) is 32.4 Å². The lowest BCUT2D eigenvalue weighted by atomic mass is 10.3. The molecule has 1 aromatic carbocycles. The third-order valence-corrected chi connectivity index (χ3v) is 5.07. The lowest BCUT2D eigenvalue weighted by Gasteiger charge is -2.34. The zero-order valence-electron chi connectivity index (χ0n) is 14.7. The quantitative estimate of drug-likeness (QED) is 0.808. The van der Waals surface area contributed by atoms with Gasteiger partial charge in [-0.25, -0.2) is 17.6 Å². The first-order valence-electron chi connectivity index (χ1n) is 8.15. The Kier molecular flexibility index (Phi) is 6.41. The Bertz CT molecular complexity index is 776. The Labute approximate surface area is 151 Å². The largest absolute Gasteiger partial charge is 0.450 e. The summed E-state index contributed by atoms with van der Waals surface area (Å²) < 4.78 is 41.7.